The molecule has 0 aromatic heterocycles. The number of aliphatic hydroxyl groups excluding tert-OH is 1. The highest BCUT2D eigenvalue weighted by Crippen LogP contribution is 2.26. The molecule has 0 radical (unpaired) electrons. The number of hydrogen-bond donors (Lipinski definition) is 1. The Morgan fingerprint density at radius 2 is 1.50 bits per heavy atom. The van der Waals surface area contributed by atoms with E-state index in [4.69, 9.17) is 0 Å². The molecule has 0 spiro atoms. The van der Waals surface area contributed by atoms with Crippen LogP contribution >= 0.6 is 0 Å². The molecular formula is C17H16N2O3. The van der Waals surface area contributed by atoms with Crippen molar-refractivity contribution in [2.24, 2.45) is 0 Å². The van der Waals surface area contributed by atoms with Crippen molar-refractivity contribution in [3.8, 4) is 0 Å². The van der Waals surface area contributed by atoms with E-state index in [-0.39, 0.29) is 6.61 Å². The van der Waals surface area contributed by atoms with Crippen molar-refractivity contribution in [2.45, 2.75) is 12.6 Å². The van der Waals surface area contributed by atoms with Gasteiger partial charge in [-0.05, 0) is 17.7 Å². The molecule has 1 aliphatic heterocycles. The molecule has 2 aromatic carbocycles. The van der Waals surface area contributed by atoms with Gasteiger partial charge in [0.15, 0.2) is 0 Å². The van der Waals surface area contributed by atoms with Crippen molar-refractivity contribution < 1.29 is 14.7 Å². The number of benzene rings is 2. The maximum Gasteiger partial charge on any atom is 0.332 e. The summed E-state index contributed by atoms with van der Waals surface area (Å²) in [6.07, 6.45) is 0. The zero-order valence-corrected chi connectivity index (χ0v) is 11.9. The third-order valence-electron chi connectivity index (χ3n) is 3.70. The highest BCUT2D eigenvalue weighted by Gasteiger charge is 2.45. The standard InChI is InChI=1S/C17H16N2O3/c20-12-15-16(21)19(14-9-5-2-6-10-14)17(22)18(15)11-13-7-3-1-4-8-13/h1-10,15,20H,11-12H2. The summed E-state index contributed by atoms with van der Waals surface area (Å²) in [6.45, 7) is -0.0965. The molecule has 3 amide bonds. The van der Waals surface area contributed by atoms with Crippen molar-refractivity contribution in [2.75, 3.05) is 11.5 Å². The van der Waals surface area contributed by atoms with Crippen molar-refractivity contribution in [3.05, 3.63) is 66.2 Å². The number of urea groups is 1. The minimum absolute atomic E-state index is 0.292. The summed E-state index contributed by atoms with van der Waals surface area (Å²) in [4.78, 5) is 27.6. The summed E-state index contributed by atoms with van der Waals surface area (Å²) in [5.41, 5.74) is 1.43. The molecule has 0 aliphatic carbocycles. The van der Waals surface area contributed by atoms with Crippen LogP contribution in [0.3, 0.4) is 0 Å². The van der Waals surface area contributed by atoms with Crippen LogP contribution in [-0.2, 0) is 11.3 Å². The van der Waals surface area contributed by atoms with Gasteiger partial charge in [0, 0.05) is 6.54 Å². The van der Waals surface area contributed by atoms with E-state index < -0.39 is 18.0 Å². The molecular weight excluding hydrogens is 280 g/mol. The van der Waals surface area contributed by atoms with E-state index in [0.29, 0.717) is 12.2 Å². The highest BCUT2D eigenvalue weighted by atomic mass is 16.3. The Morgan fingerprint density at radius 1 is 0.909 bits per heavy atom. The smallest absolute Gasteiger partial charge is 0.332 e. The fourth-order valence-corrected chi connectivity index (χ4v) is 2.59. The Labute approximate surface area is 128 Å². The first-order chi connectivity index (χ1) is 10.7. The molecule has 1 unspecified atom stereocenters. The molecule has 5 nitrogen and oxygen atoms in total. The van der Waals surface area contributed by atoms with Gasteiger partial charge in [0.05, 0.1) is 12.3 Å². The molecule has 1 heterocycles. The van der Waals surface area contributed by atoms with E-state index in [9.17, 15) is 14.7 Å². The summed E-state index contributed by atoms with van der Waals surface area (Å²) in [5.74, 6) is -0.394. The number of imide groups is 1. The van der Waals surface area contributed by atoms with Gasteiger partial charge in [-0.15, -0.1) is 0 Å². The summed E-state index contributed by atoms with van der Waals surface area (Å²) in [7, 11) is 0. The molecule has 3 rings (SSSR count). The van der Waals surface area contributed by atoms with Crippen molar-refractivity contribution in [3.63, 3.8) is 0 Å². The fourth-order valence-electron chi connectivity index (χ4n) is 2.59. The summed E-state index contributed by atoms with van der Waals surface area (Å²) in [5, 5.41) is 9.53. The Bertz CT molecular complexity index is 673. The first kappa shape index (κ1) is 14.3. The van der Waals surface area contributed by atoms with Crippen LogP contribution in [0.1, 0.15) is 5.56 Å². The van der Waals surface area contributed by atoms with Crippen LogP contribution in [0.2, 0.25) is 0 Å². The lowest BCUT2D eigenvalue weighted by atomic mass is 10.2. The van der Waals surface area contributed by atoms with Crippen LogP contribution in [0.4, 0.5) is 10.5 Å². The maximum absolute atomic E-state index is 12.6. The van der Waals surface area contributed by atoms with Gasteiger partial charge in [-0.25, -0.2) is 9.69 Å². The molecule has 112 valence electrons. The zero-order chi connectivity index (χ0) is 15.5. The van der Waals surface area contributed by atoms with Gasteiger partial charge in [-0.3, -0.25) is 4.79 Å². The normalized spacial score (nSPS) is 18.1. The molecule has 2 aromatic rings. The number of nitrogens with zero attached hydrogens (tertiary/aromatic N) is 2. The molecule has 22 heavy (non-hydrogen) atoms. The molecule has 0 bridgehead atoms. The molecule has 1 atom stereocenters. The first-order valence-corrected chi connectivity index (χ1v) is 7.07. The monoisotopic (exact) mass is 296 g/mol. The quantitative estimate of drug-likeness (QED) is 0.878. The van der Waals surface area contributed by atoms with E-state index in [1.165, 1.54) is 4.90 Å². The zero-order valence-electron chi connectivity index (χ0n) is 11.9. The number of carbonyl (C=O) groups is 2. The van der Waals surface area contributed by atoms with Crippen molar-refractivity contribution in [1.29, 1.82) is 0 Å². The molecule has 5 heteroatoms. The van der Waals surface area contributed by atoms with Crippen LogP contribution in [0.25, 0.3) is 0 Å². The maximum atomic E-state index is 12.6. The lowest BCUT2D eigenvalue weighted by Gasteiger charge is -2.20. The van der Waals surface area contributed by atoms with Crippen molar-refractivity contribution in [1.82, 2.24) is 4.90 Å². The number of anilines is 1. The highest BCUT2D eigenvalue weighted by molar-refractivity contribution is 6.21. The van der Waals surface area contributed by atoms with E-state index in [2.05, 4.69) is 0 Å². The molecule has 1 saturated heterocycles. The van der Waals surface area contributed by atoms with Crippen LogP contribution in [0.5, 0.6) is 0 Å². The SMILES string of the molecule is O=C1C(CO)N(Cc2ccccc2)C(=O)N1c1ccccc1. The number of rotatable bonds is 4. The lowest BCUT2D eigenvalue weighted by Crippen LogP contribution is -2.37. The summed E-state index contributed by atoms with van der Waals surface area (Å²) < 4.78 is 0. The summed E-state index contributed by atoms with van der Waals surface area (Å²) >= 11 is 0. The second-order valence-corrected chi connectivity index (χ2v) is 5.10. The molecule has 1 fully saturated rings. The van der Waals surface area contributed by atoms with Gasteiger partial charge in [0.25, 0.3) is 5.91 Å². The lowest BCUT2D eigenvalue weighted by molar-refractivity contribution is -0.120. The first-order valence-electron chi connectivity index (χ1n) is 7.07. The second kappa shape index (κ2) is 5.99. The predicted octanol–water partition coefficient (Wildman–Crippen LogP) is 2.02. The number of aliphatic hydroxyl groups is 1. The average Bonchev–Trinajstić information content (AvgIpc) is 2.79. The average molecular weight is 296 g/mol. The third-order valence-corrected chi connectivity index (χ3v) is 3.70. The fraction of sp³-hybridized carbons (Fsp3) is 0.176. The summed E-state index contributed by atoms with van der Waals surface area (Å²) in [6, 6.07) is 16.9. The van der Waals surface area contributed by atoms with E-state index in [0.717, 1.165) is 10.5 Å². The predicted molar refractivity (Wildman–Crippen MR) is 82.2 cm³/mol. The van der Waals surface area contributed by atoms with E-state index >= 15 is 0 Å². The number of carbonyl (C=O) groups excluding carboxylic acids is 2. The molecule has 1 N–H and O–H groups in total. The largest absolute Gasteiger partial charge is 0.394 e. The van der Waals surface area contributed by atoms with Gasteiger partial charge in [0.1, 0.15) is 6.04 Å². The van der Waals surface area contributed by atoms with E-state index in [1.807, 2.05) is 36.4 Å². The Kier molecular flexibility index (Phi) is 3.89. The minimum Gasteiger partial charge on any atom is -0.394 e. The van der Waals surface area contributed by atoms with Gasteiger partial charge in [-0.2, -0.15) is 0 Å². The Hall–Kier alpha value is -2.66. The van der Waals surface area contributed by atoms with Gasteiger partial charge in [-0.1, -0.05) is 48.5 Å². The van der Waals surface area contributed by atoms with Crippen molar-refractivity contribution >= 4 is 17.6 Å². The third kappa shape index (κ3) is 2.46. The van der Waals surface area contributed by atoms with Crippen LogP contribution in [0.15, 0.2) is 60.7 Å². The van der Waals surface area contributed by atoms with E-state index in [1.54, 1.807) is 24.3 Å². The Morgan fingerprint density at radius 3 is 2.09 bits per heavy atom. The number of para-hydroxylation sites is 1. The molecule has 1 aliphatic rings. The van der Waals surface area contributed by atoms with Gasteiger partial charge >= 0.3 is 6.03 Å². The number of amides is 3. The minimum atomic E-state index is -0.840. The van der Waals surface area contributed by atoms with Crippen LogP contribution < -0.4 is 4.90 Å². The Balaban J connectivity index is 1.91. The van der Waals surface area contributed by atoms with Crippen LogP contribution in [0, 0.1) is 0 Å². The van der Waals surface area contributed by atoms with Gasteiger partial charge in [0.2, 0.25) is 0 Å². The second-order valence-electron chi connectivity index (χ2n) is 5.10. The number of hydrogen-bond acceptors (Lipinski definition) is 3. The van der Waals surface area contributed by atoms with Crippen LogP contribution in [-0.4, -0.2) is 34.6 Å². The molecule has 0 saturated carbocycles. The van der Waals surface area contributed by atoms with Gasteiger partial charge < -0.3 is 10.0 Å². The topological polar surface area (TPSA) is 60.9 Å².